The summed E-state index contributed by atoms with van der Waals surface area (Å²) in [6, 6.07) is 6.45. The Morgan fingerprint density at radius 1 is 1.06 bits per heavy atom. The first-order valence-corrected chi connectivity index (χ1v) is 6.25. The predicted molar refractivity (Wildman–Crippen MR) is 74.9 cm³/mol. The molecule has 0 aliphatic heterocycles. The molecule has 0 spiro atoms. The average Bonchev–Trinajstić information content (AvgIpc) is 2.13. The molecule has 1 heterocycles. The third-order valence-electron chi connectivity index (χ3n) is 3.05. The third-order valence-corrected chi connectivity index (χ3v) is 3.34. The Morgan fingerprint density at radius 2 is 1.71 bits per heavy atom. The zero-order valence-electron chi connectivity index (χ0n) is 11.1. The maximum Gasteiger partial charge on any atom is 0.133 e. The highest BCUT2D eigenvalue weighted by Crippen LogP contribution is 2.32. The van der Waals surface area contributed by atoms with E-state index in [4.69, 9.17) is 11.6 Å². The van der Waals surface area contributed by atoms with E-state index < -0.39 is 0 Å². The second-order valence-corrected chi connectivity index (χ2v) is 6.08. The minimum atomic E-state index is 0.0234. The standard InChI is InChI=1S/C15H18ClN/c1-9-6-10(2)11-8-12(15(3,4)5)14(16)17-13(11)7-9/h6-8H,1-5H3. The van der Waals surface area contributed by atoms with Gasteiger partial charge in [-0.2, -0.15) is 0 Å². The van der Waals surface area contributed by atoms with Crippen LogP contribution in [0.25, 0.3) is 10.9 Å². The maximum atomic E-state index is 6.28. The van der Waals surface area contributed by atoms with Crippen molar-refractivity contribution in [1.82, 2.24) is 4.98 Å². The molecule has 0 aliphatic rings. The summed E-state index contributed by atoms with van der Waals surface area (Å²) in [5.74, 6) is 0. The van der Waals surface area contributed by atoms with Gasteiger partial charge in [0.1, 0.15) is 5.15 Å². The second-order valence-electron chi connectivity index (χ2n) is 5.73. The maximum absolute atomic E-state index is 6.28. The van der Waals surface area contributed by atoms with E-state index in [0.717, 1.165) is 11.1 Å². The van der Waals surface area contributed by atoms with Crippen LogP contribution in [0.1, 0.15) is 37.5 Å². The lowest BCUT2D eigenvalue weighted by atomic mass is 9.87. The van der Waals surface area contributed by atoms with Crippen molar-refractivity contribution < 1.29 is 0 Å². The minimum Gasteiger partial charge on any atom is -0.236 e. The molecule has 0 radical (unpaired) electrons. The first kappa shape index (κ1) is 12.4. The Bertz CT molecular complexity index is 579. The number of aryl methyl sites for hydroxylation is 2. The molecule has 0 saturated heterocycles. The van der Waals surface area contributed by atoms with Gasteiger partial charge in [-0.1, -0.05) is 38.4 Å². The molecule has 0 N–H and O–H groups in total. The van der Waals surface area contributed by atoms with Crippen LogP contribution in [-0.2, 0) is 5.41 Å². The van der Waals surface area contributed by atoms with Gasteiger partial charge in [-0.25, -0.2) is 4.98 Å². The molecule has 1 aromatic heterocycles. The van der Waals surface area contributed by atoms with Crippen LogP contribution in [0.4, 0.5) is 0 Å². The molecule has 0 atom stereocenters. The van der Waals surface area contributed by atoms with Crippen molar-refractivity contribution in [1.29, 1.82) is 0 Å². The van der Waals surface area contributed by atoms with E-state index in [2.05, 4.69) is 57.8 Å². The highest BCUT2D eigenvalue weighted by molar-refractivity contribution is 6.30. The second kappa shape index (κ2) is 3.99. The van der Waals surface area contributed by atoms with Crippen molar-refractivity contribution in [3.05, 3.63) is 40.0 Å². The molecule has 0 saturated carbocycles. The van der Waals surface area contributed by atoms with Crippen molar-refractivity contribution in [2.45, 2.75) is 40.0 Å². The number of halogens is 1. The fourth-order valence-corrected chi connectivity index (χ4v) is 2.56. The van der Waals surface area contributed by atoms with Crippen molar-refractivity contribution >= 4 is 22.5 Å². The summed E-state index contributed by atoms with van der Waals surface area (Å²) in [4.78, 5) is 4.53. The van der Waals surface area contributed by atoms with Crippen LogP contribution in [0.2, 0.25) is 5.15 Å². The number of pyridine rings is 1. The number of benzene rings is 1. The van der Waals surface area contributed by atoms with Gasteiger partial charge in [0.25, 0.3) is 0 Å². The Balaban J connectivity index is 2.81. The van der Waals surface area contributed by atoms with Crippen LogP contribution in [0, 0.1) is 13.8 Å². The highest BCUT2D eigenvalue weighted by Gasteiger charge is 2.19. The molecule has 2 heteroatoms. The van der Waals surface area contributed by atoms with Crippen LogP contribution in [0.15, 0.2) is 18.2 Å². The molecule has 1 aromatic carbocycles. The Labute approximate surface area is 108 Å². The lowest BCUT2D eigenvalue weighted by Gasteiger charge is -2.21. The molecule has 2 aromatic rings. The predicted octanol–water partition coefficient (Wildman–Crippen LogP) is 4.80. The van der Waals surface area contributed by atoms with E-state index >= 15 is 0 Å². The lowest BCUT2D eigenvalue weighted by Crippen LogP contribution is -2.12. The van der Waals surface area contributed by atoms with Gasteiger partial charge >= 0.3 is 0 Å². The van der Waals surface area contributed by atoms with Crippen molar-refractivity contribution in [2.24, 2.45) is 0 Å². The minimum absolute atomic E-state index is 0.0234. The smallest absolute Gasteiger partial charge is 0.133 e. The van der Waals surface area contributed by atoms with E-state index in [1.807, 2.05) is 0 Å². The Kier molecular flexibility index (Phi) is 2.90. The van der Waals surface area contributed by atoms with E-state index in [0.29, 0.717) is 5.15 Å². The van der Waals surface area contributed by atoms with Gasteiger partial charge in [-0.3, -0.25) is 0 Å². The summed E-state index contributed by atoms with van der Waals surface area (Å²) < 4.78 is 0. The zero-order valence-corrected chi connectivity index (χ0v) is 11.8. The summed E-state index contributed by atoms with van der Waals surface area (Å²) in [5, 5.41) is 1.82. The number of hydrogen-bond acceptors (Lipinski definition) is 1. The molecule has 17 heavy (non-hydrogen) atoms. The van der Waals surface area contributed by atoms with Crippen LogP contribution < -0.4 is 0 Å². The molecule has 1 nitrogen and oxygen atoms in total. The number of hydrogen-bond donors (Lipinski definition) is 0. The van der Waals surface area contributed by atoms with Crippen LogP contribution in [-0.4, -0.2) is 4.98 Å². The van der Waals surface area contributed by atoms with Gasteiger partial charge in [-0.15, -0.1) is 0 Å². The molecule has 2 rings (SSSR count). The SMILES string of the molecule is Cc1cc(C)c2cc(C(C)(C)C)c(Cl)nc2c1. The van der Waals surface area contributed by atoms with Crippen molar-refractivity contribution in [3.63, 3.8) is 0 Å². The van der Waals surface area contributed by atoms with Crippen LogP contribution in [0.5, 0.6) is 0 Å². The van der Waals surface area contributed by atoms with Crippen LogP contribution in [0.3, 0.4) is 0 Å². The number of rotatable bonds is 0. The topological polar surface area (TPSA) is 12.9 Å². The van der Waals surface area contributed by atoms with Crippen molar-refractivity contribution in [3.8, 4) is 0 Å². The molecule has 0 fully saturated rings. The summed E-state index contributed by atoms with van der Waals surface area (Å²) in [7, 11) is 0. The molecule has 0 bridgehead atoms. The summed E-state index contributed by atoms with van der Waals surface area (Å²) in [5.41, 5.74) is 4.60. The van der Waals surface area contributed by atoms with Gasteiger partial charge in [0.05, 0.1) is 5.52 Å². The lowest BCUT2D eigenvalue weighted by molar-refractivity contribution is 0.589. The fraction of sp³-hybridized carbons (Fsp3) is 0.400. The number of aromatic nitrogens is 1. The zero-order chi connectivity index (χ0) is 12.8. The first-order valence-electron chi connectivity index (χ1n) is 5.87. The van der Waals surface area contributed by atoms with Gasteiger partial charge in [0.2, 0.25) is 0 Å². The molecule has 90 valence electrons. The van der Waals surface area contributed by atoms with E-state index in [9.17, 15) is 0 Å². The van der Waals surface area contributed by atoms with Gasteiger partial charge in [0, 0.05) is 5.39 Å². The Hall–Kier alpha value is -1.08. The summed E-state index contributed by atoms with van der Waals surface area (Å²) in [6.45, 7) is 10.7. The molecular formula is C15H18ClN. The Morgan fingerprint density at radius 3 is 2.29 bits per heavy atom. The van der Waals surface area contributed by atoms with E-state index in [1.165, 1.54) is 16.5 Å². The fourth-order valence-electron chi connectivity index (χ4n) is 2.13. The monoisotopic (exact) mass is 247 g/mol. The first-order chi connectivity index (χ1) is 7.79. The van der Waals surface area contributed by atoms with E-state index in [-0.39, 0.29) is 5.41 Å². The van der Waals surface area contributed by atoms with Crippen LogP contribution >= 0.6 is 11.6 Å². The molecular weight excluding hydrogens is 230 g/mol. The third kappa shape index (κ3) is 2.30. The van der Waals surface area contributed by atoms with Gasteiger partial charge < -0.3 is 0 Å². The van der Waals surface area contributed by atoms with Crippen molar-refractivity contribution in [2.75, 3.05) is 0 Å². The average molecular weight is 248 g/mol. The molecule has 0 amide bonds. The molecule has 0 aliphatic carbocycles. The van der Waals surface area contributed by atoms with E-state index in [1.54, 1.807) is 0 Å². The normalized spacial score (nSPS) is 12.1. The van der Waals surface area contributed by atoms with Gasteiger partial charge in [-0.05, 0) is 48.1 Å². The van der Waals surface area contributed by atoms with Gasteiger partial charge in [0.15, 0.2) is 0 Å². The molecule has 0 unspecified atom stereocenters. The quantitative estimate of drug-likeness (QED) is 0.610. The number of nitrogens with zero attached hydrogens (tertiary/aromatic N) is 1. The highest BCUT2D eigenvalue weighted by atomic mass is 35.5. The largest absolute Gasteiger partial charge is 0.236 e. The number of fused-ring (bicyclic) bond motifs is 1. The summed E-state index contributed by atoms with van der Waals surface area (Å²) >= 11 is 6.28. The summed E-state index contributed by atoms with van der Waals surface area (Å²) in [6.07, 6.45) is 0.